The first-order valence-electron chi connectivity index (χ1n) is 14.1. The molecule has 1 aromatic rings. The third-order valence-corrected chi connectivity index (χ3v) is 12.8. The molecule has 5 nitrogen and oxygen atoms in total. The summed E-state index contributed by atoms with van der Waals surface area (Å²) in [5.74, 6) is 1.57. The summed E-state index contributed by atoms with van der Waals surface area (Å²) in [5, 5.41) is 0.161. The van der Waals surface area contributed by atoms with Gasteiger partial charge in [-0.15, -0.1) is 0 Å². The van der Waals surface area contributed by atoms with E-state index in [-0.39, 0.29) is 29.1 Å². The first-order valence-corrected chi connectivity index (χ1v) is 17.1. The zero-order chi connectivity index (χ0) is 28.5. The first kappa shape index (κ1) is 32.3. The van der Waals surface area contributed by atoms with Crippen LogP contribution in [0.5, 0.6) is 5.75 Å². The van der Waals surface area contributed by atoms with Gasteiger partial charge in [-0.2, -0.15) is 0 Å². The molecule has 0 N–H and O–H groups in total. The average molecular weight is 545 g/mol. The predicted octanol–water partition coefficient (Wildman–Crippen LogP) is 8.07. The highest BCUT2D eigenvalue weighted by Crippen LogP contribution is 2.42. The Hall–Kier alpha value is -1.89. The molecule has 0 radical (unpaired) electrons. The molecule has 38 heavy (non-hydrogen) atoms. The second kappa shape index (κ2) is 14.5. The Morgan fingerprint density at radius 2 is 1.76 bits per heavy atom. The molecule has 214 valence electrons. The van der Waals surface area contributed by atoms with E-state index in [0.29, 0.717) is 18.4 Å². The second-order valence-corrected chi connectivity index (χ2v) is 17.4. The molecule has 4 atom stereocenters. The minimum Gasteiger partial charge on any atom is -0.497 e. The Morgan fingerprint density at radius 1 is 1.11 bits per heavy atom. The third kappa shape index (κ3) is 9.39. The topological polar surface area (TPSA) is 54.0 Å². The highest BCUT2D eigenvalue weighted by atomic mass is 28.4. The molecule has 0 amide bonds. The van der Waals surface area contributed by atoms with Crippen LogP contribution in [0.3, 0.4) is 0 Å². The minimum atomic E-state index is -1.88. The van der Waals surface area contributed by atoms with Gasteiger partial charge in [0, 0.05) is 25.7 Å². The predicted molar refractivity (Wildman–Crippen MR) is 160 cm³/mol. The fourth-order valence-corrected chi connectivity index (χ4v) is 5.91. The summed E-state index contributed by atoms with van der Waals surface area (Å²) in [4.78, 5) is 12.8. The van der Waals surface area contributed by atoms with Gasteiger partial charge in [0.25, 0.3) is 0 Å². The number of methoxy groups -OCH3 is 2. The Labute approximate surface area is 233 Å². The molecular formula is C32H52O5Si. The van der Waals surface area contributed by atoms with E-state index in [0.717, 1.165) is 37.0 Å². The maximum Gasteiger partial charge on any atom is 0.331 e. The maximum atomic E-state index is 12.8. The van der Waals surface area contributed by atoms with Crippen LogP contribution < -0.4 is 4.74 Å². The van der Waals surface area contributed by atoms with Crippen LogP contribution >= 0.6 is 0 Å². The Bertz CT molecular complexity index is 926. The molecule has 0 heterocycles. The number of ether oxygens (including phenoxy) is 3. The van der Waals surface area contributed by atoms with Gasteiger partial charge in [-0.1, -0.05) is 58.4 Å². The molecule has 1 fully saturated rings. The molecule has 0 aromatic heterocycles. The lowest BCUT2D eigenvalue weighted by atomic mass is 9.72. The summed E-state index contributed by atoms with van der Waals surface area (Å²) in [6.07, 6.45) is 9.04. The van der Waals surface area contributed by atoms with Gasteiger partial charge in [0.15, 0.2) is 8.32 Å². The van der Waals surface area contributed by atoms with Gasteiger partial charge in [-0.3, -0.25) is 0 Å². The van der Waals surface area contributed by atoms with Crippen molar-refractivity contribution < 1.29 is 23.4 Å². The van der Waals surface area contributed by atoms with E-state index < -0.39 is 8.32 Å². The fourth-order valence-electron chi connectivity index (χ4n) is 4.84. The molecule has 1 aromatic carbocycles. The second-order valence-electron chi connectivity index (χ2n) is 12.6. The minimum absolute atomic E-state index is 0.147. The third-order valence-electron chi connectivity index (χ3n) is 8.32. The van der Waals surface area contributed by atoms with Crippen molar-refractivity contribution in [2.45, 2.75) is 97.6 Å². The highest BCUT2D eigenvalue weighted by molar-refractivity contribution is 6.74. The molecule has 0 unspecified atom stereocenters. The lowest BCUT2D eigenvalue weighted by molar-refractivity contribution is -0.159. The van der Waals surface area contributed by atoms with Crippen LogP contribution in [0.2, 0.25) is 18.1 Å². The monoisotopic (exact) mass is 544 g/mol. The van der Waals surface area contributed by atoms with Gasteiger partial charge in [-0.25, -0.2) is 4.79 Å². The number of hydrogen-bond donors (Lipinski definition) is 0. The van der Waals surface area contributed by atoms with Crippen LogP contribution in [-0.4, -0.2) is 47.3 Å². The van der Waals surface area contributed by atoms with Gasteiger partial charge >= 0.3 is 5.97 Å². The molecule has 1 saturated carbocycles. The van der Waals surface area contributed by atoms with E-state index in [4.69, 9.17) is 18.6 Å². The molecular weight excluding hydrogens is 492 g/mol. The molecule has 2 rings (SSSR count). The number of carbonyl (C=O) groups excluding carboxylic acids is 1. The first-order chi connectivity index (χ1) is 17.8. The molecule has 6 heteroatoms. The fraction of sp³-hybridized carbons (Fsp3) is 0.656. The molecule has 0 saturated heterocycles. The van der Waals surface area contributed by atoms with Crippen LogP contribution in [0.4, 0.5) is 0 Å². The molecule has 1 aliphatic rings. The largest absolute Gasteiger partial charge is 0.497 e. The van der Waals surface area contributed by atoms with E-state index in [1.165, 1.54) is 11.6 Å². The van der Waals surface area contributed by atoms with Crippen molar-refractivity contribution in [1.29, 1.82) is 0 Å². The quantitative estimate of drug-likeness (QED) is 0.115. The molecule has 0 bridgehead atoms. The van der Waals surface area contributed by atoms with Crippen LogP contribution in [0.25, 0.3) is 6.08 Å². The summed E-state index contributed by atoms with van der Waals surface area (Å²) >= 11 is 0. The molecule has 1 aliphatic carbocycles. The maximum absolute atomic E-state index is 12.8. The molecule has 0 spiro atoms. The van der Waals surface area contributed by atoms with Crippen molar-refractivity contribution in [1.82, 2.24) is 0 Å². The zero-order valence-electron chi connectivity index (χ0n) is 25.5. The van der Waals surface area contributed by atoms with Crippen molar-refractivity contribution >= 4 is 20.4 Å². The Kier molecular flexibility index (Phi) is 12.3. The van der Waals surface area contributed by atoms with Gasteiger partial charge in [0.2, 0.25) is 0 Å². The van der Waals surface area contributed by atoms with Gasteiger partial charge in [-0.05, 0) is 86.3 Å². The summed E-state index contributed by atoms with van der Waals surface area (Å²) in [5.41, 5.74) is 2.23. The van der Waals surface area contributed by atoms with E-state index in [1.54, 1.807) is 20.3 Å². The van der Waals surface area contributed by atoms with Gasteiger partial charge in [0.1, 0.15) is 18.0 Å². The summed E-state index contributed by atoms with van der Waals surface area (Å²) in [7, 11) is 1.50. The van der Waals surface area contributed by atoms with Crippen LogP contribution in [0.1, 0.15) is 72.8 Å². The summed E-state index contributed by atoms with van der Waals surface area (Å²) < 4.78 is 24.0. The lowest BCUT2D eigenvalue weighted by Gasteiger charge is -2.44. The van der Waals surface area contributed by atoms with E-state index >= 15 is 0 Å². The van der Waals surface area contributed by atoms with E-state index in [2.05, 4.69) is 60.7 Å². The number of esters is 1. The Morgan fingerprint density at radius 3 is 2.32 bits per heavy atom. The van der Waals surface area contributed by atoms with Crippen molar-refractivity contribution in [3.05, 3.63) is 47.6 Å². The van der Waals surface area contributed by atoms with E-state index in [9.17, 15) is 4.79 Å². The standard InChI is InChI=1S/C32H52O5Si/c1-23(2)12-11-13-24(3)30-26(22-36-38(9,10)32(4,5)6)17-20-28(31(30)35-8)37-29(33)21-16-25-14-18-27(34-7)19-15-25/h13-16,18-19,21,23,26,28,30-31H,11-12,17,20,22H2,1-10H3/b21-16+,24-13+/t26-,28-,30-,31-/m1/s1. The highest BCUT2D eigenvalue weighted by Gasteiger charge is 2.44. The Balaban J connectivity index is 2.19. The van der Waals surface area contributed by atoms with Crippen LogP contribution in [0.15, 0.2) is 42.0 Å². The molecule has 0 aliphatic heterocycles. The summed E-state index contributed by atoms with van der Waals surface area (Å²) in [6.45, 7) is 18.9. The number of allylic oxidation sites excluding steroid dienone is 1. The average Bonchev–Trinajstić information content (AvgIpc) is 2.85. The normalized spacial score (nSPS) is 23.2. The number of rotatable bonds is 12. The van der Waals surface area contributed by atoms with Crippen LogP contribution in [0, 0.1) is 17.8 Å². The zero-order valence-corrected chi connectivity index (χ0v) is 26.5. The SMILES string of the molecule is COc1ccc(/C=C/C(=O)O[C@@H]2CC[C@H](CO[Si](C)(C)C(C)(C)C)[C@@H](/C(C)=C/CCC(C)C)[C@@H]2OC)cc1. The number of hydrogen-bond acceptors (Lipinski definition) is 5. The number of benzene rings is 1. The van der Waals surface area contributed by atoms with Crippen molar-refractivity contribution in [3.8, 4) is 5.75 Å². The van der Waals surface area contributed by atoms with Crippen LogP contribution in [-0.2, 0) is 18.7 Å². The lowest BCUT2D eigenvalue weighted by Crippen LogP contribution is -2.49. The van der Waals surface area contributed by atoms with Gasteiger partial charge < -0.3 is 18.6 Å². The van der Waals surface area contributed by atoms with Crippen molar-refractivity contribution in [2.24, 2.45) is 17.8 Å². The smallest absolute Gasteiger partial charge is 0.331 e. The van der Waals surface area contributed by atoms with Gasteiger partial charge in [0.05, 0.1) is 7.11 Å². The summed E-state index contributed by atoms with van der Waals surface area (Å²) in [6, 6.07) is 7.57. The number of carbonyl (C=O) groups is 1. The van der Waals surface area contributed by atoms with Crippen molar-refractivity contribution in [2.75, 3.05) is 20.8 Å². The van der Waals surface area contributed by atoms with E-state index in [1.807, 2.05) is 24.3 Å². The van der Waals surface area contributed by atoms with Crippen molar-refractivity contribution in [3.63, 3.8) is 0 Å².